The number of aromatic nitrogens is 2. The molecular formula is C22H22N4O2. The van der Waals surface area contributed by atoms with Gasteiger partial charge in [0.05, 0.1) is 5.69 Å². The average Bonchev–Trinajstić information content (AvgIpc) is 3.26. The molecule has 2 amide bonds. The van der Waals surface area contributed by atoms with E-state index in [1.54, 1.807) is 6.07 Å². The molecule has 6 heteroatoms. The molecule has 3 aromatic rings. The summed E-state index contributed by atoms with van der Waals surface area (Å²) in [5.41, 5.74) is 2.86. The average molecular weight is 374 g/mol. The third-order valence-corrected chi connectivity index (χ3v) is 5.03. The van der Waals surface area contributed by atoms with E-state index in [1.165, 1.54) is 0 Å². The Hall–Kier alpha value is -3.41. The van der Waals surface area contributed by atoms with Gasteiger partial charge in [-0.2, -0.15) is 5.10 Å². The third-order valence-electron chi connectivity index (χ3n) is 5.03. The third kappa shape index (κ3) is 3.96. The quantitative estimate of drug-likeness (QED) is 0.737. The van der Waals surface area contributed by atoms with Crippen molar-refractivity contribution in [2.24, 2.45) is 0 Å². The number of piperidine rings is 1. The molecule has 4 rings (SSSR count). The number of rotatable bonds is 4. The zero-order valence-electron chi connectivity index (χ0n) is 15.5. The minimum atomic E-state index is -0.164. The van der Waals surface area contributed by atoms with E-state index in [2.05, 4.69) is 15.5 Å². The normalized spacial score (nSPS) is 14.6. The minimum Gasteiger partial charge on any atom is -0.348 e. The van der Waals surface area contributed by atoms with Gasteiger partial charge in [0.1, 0.15) is 5.69 Å². The van der Waals surface area contributed by atoms with Gasteiger partial charge in [-0.1, -0.05) is 48.5 Å². The molecule has 2 aromatic carbocycles. The minimum absolute atomic E-state index is 0.0476. The van der Waals surface area contributed by atoms with E-state index in [0.29, 0.717) is 24.3 Å². The van der Waals surface area contributed by atoms with Gasteiger partial charge in [0.15, 0.2) is 0 Å². The molecule has 1 aliphatic heterocycles. The van der Waals surface area contributed by atoms with Crippen molar-refractivity contribution in [1.29, 1.82) is 0 Å². The maximum absolute atomic E-state index is 12.5. The maximum Gasteiger partial charge on any atom is 0.269 e. The Morgan fingerprint density at radius 2 is 1.61 bits per heavy atom. The van der Waals surface area contributed by atoms with Crippen molar-refractivity contribution >= 4 is 11.8 Å². The Balaban J connectivity index is 1.32. The van der Waals surface area contributed by atoms with E-state index in [1.807, 2.05) is 65.6 Å². The first-order valence-electron chi connectivity index (χ1n) is 9.47. The van der Waals surface area contributed by atoms with Crippen molar-refractivity contribution in [3.05, 3.63) is 78.0 Å². The van der Waals surface area contributed by atoms with E-state index < -0.39 is 0 Å². The fourth-order valence-corrected chi connectivity index (χ4v) is 3.45. The molecule has 0 radical (unpaired) electrons. The number of H-pyrrole nitrogens is 1. The molecule has 0 saturated carbocycles. The van der Waals surface area contributed by atoms with Crippen LogP contribution in [0.4, 0.5) is 0 Å². The molecule has 142 valence electrons. The highest BCUT2D eigenvalue weighted by Crippen LogP contribution is 2.18. The molecule has 0 aliphatic carbocycles. The van der Waals surface area contributed by atoms with Gasteiger partial charge in [0.25, 0.3) is 11.8 Å². The van der Waals surface area contributed by atoms with Crippen molar-refractivity contribution in [2.75, 3.05) is 13.1 Å². The topological polar surface area (TPSA) is 78.1 Å². The van der Waals surface area contributed by atoms with Gasteiger partial charge in [-0.15, -0.1) is 0 Å². The highest BCUT2D eigenvalue weighted by atomic mass is 16.2. The SMILES string of the molecule is O=C(NC1CCN(C(=O)c2ccccc2)CC1)c1cc(-c2ccccc2)n[nH]1. The summed E-state index contributed by atoms with van der Waals surface area (Å²) in [7, 11) is 0. The van der Waals surface area contributed by atoms with Crippen molar-refractivity contribution in [3.63, 3.8) is 0 Å². The molecule has 0 unspecified atom stereocenters. The highest BCUT2D eigenvalue weighted by Gasteiger charge is 2.25. The largest absolute Gasteiger partial charge is 0.348 e. The summed E-state index contributed by atoms with van der Waals surface area (Å²) in [4.78, 5) is 26.9. The number of hydrogen-bond acceptors (Lipinski definition) is 3. The van der Waals surface area contributed by atoms with Gasteiger partial charge in [-0.05, 0) is 31.0 Å². The Bertz CT molecular complexity index is 945. The first kappa shape index (κ1) is 18.0. The number of carbonyl (C=O) groups is 2. The molecular weight excluding hydrogens is 352 g/mol. The molecule has 28 heavy (non-hydrogen) atoms. The zero-order chi connectivity index (χ0) is 19.3. The molecule has 1 aliphatic rings. The second-order valence-electron chi connectivity index (χ2n) is 6.94. The summed E-state index contributed by atoms with van der Waals surface area (Å²) in [6.07, 6.45) is 1.48. The lowest BCUT2D eigenvalue weighted by Gasteiger charge is -2.32. The summed E-state index contributed by atoms with van der Waals surface area (Å²) in [6, 6.07) is 20.8. The lowest BCUT2D eigenvalue weighted by molar-refractivity contribution is 0.0697. The second-order valence-corrected chi connectivity index (χ2v) is 6.94. The van der Waals surface area contributed by atoms with Crippen molar-refractivity contribution in [3.8, 4) is 11.3 Å². The molecule has 1 saturated heterocycles. The van der Waals surface area contributed by atoms with E-state index in [4.69, 9.17) is 0 Å². The van der Waals surface area contributed by atoms with Crippen LogP contribution in [0.25, 0.3) is 11.3 Å². The number of carbonyl (C=O) groups excluding carboxylic acids is 2. The van der Waals surface area contributed by atoms with Crippen molar-refractivity contribution < 1.29 is 9.59 Å². The molecule has 0 bridgehead atoms. The first-order valence-corrected chi connectivity index (χ1v) is 9.47. The molecule has 0 atom stereocenters. The van der Waals surface area contributed by atoms with Gasteiger partial charge < -0.3 is 10.2 Å². The number of benzene rings is 2. The van der Waals surface area contributed by atoms with Gasteiger partial charge in [0, 0.05) is 30.3 Å². The first-order chi connectivity index (χ1) is 13.7. The number of nitrogens with zero attached hydrogens (tertiary/aromatic N) is 2. The Kier molecular flexibility index (Phi) is 5.19. The van der Waals surface area contributed by atoms with Gasteiger partial charge in [-0.3, -0.25) is 14.7 Å². The number of aromatic amines is 1. The second kappa shape index (κ2) is 8.08. The van der Waals surface area contributed by atoms with Gasteiger partial charge in [-0.25, -0.2) is 0 Å². The molecule has 2 heterocycles. The van der Waals surface area contributed by atoms with Gasteiger partial charge >= 0.3 is 0 Å². The fraction of sp³-hybridized carbons (Fsp3) is 0.227. The summed E-state index contributed by atoms with van der Waals surface area (Å²) >= 11 is 0. The number of likely N-dealkylation sites (tertiary alicyclic amines) is 1. The molecule has 1 aromatic heterocycles. The van der Waals surface area contributed by atoms with Crippen LogP contribution in [-0.2, 0) is 0 Å². The predicted octanol–water partition coefficient (Wildman–Crippen LogP) is 3.11. The van der Waals surface area contributed by atoms with E-state index >= 15 is 0 Å². The molecule has 0 spiro atoms. The zero-order valence-corrected chi connectivity index (χ0v) is 15.5. The Labute approximate surface area is 163 Å². The number of hydrogen-bond donors (Lipinski definition) is 2. The van der Waals surface area contributed by atoms with E-state index in [0.717, 1.165) is 24.1 Å². The number of nitrogens with one attached hydrogen (secondary N) is 2. The summed E-state index contributed by atoms with van der Waals surface area (Å²) in [6.45, 7) is 1.27. The van der Waals surface area contributed by atoms with Crippen LogP contribution in [0.1, 0.15) is 33.7 Å². The van der Waals surface area contributed by atoms with Crippen LogP contribution in [0.2, 0.25) is 0 Å². The Morgan fingerprint density at radius 3 is 2.29 bits per heavy atom. The van der Waals surface area contributed by atoms with Crippen LogP contribution in [0.3, 0.4) is 0 Å². The summed E-state index contributed by atoms with van der Waals surface area (Å²) < 4.78 is 0. The van der Waals surface area contributed by atoms with Gasteiger partial charge in [0.2, 0.25) is 0 Å². The lowest BCUT2D eigenvalue weighted by atomic mass is 10.0. The highest BCUT2D eigenvalue weighted by molar-refractivity contribution is 5.94. The predicted molar refractivity (Wildman–Crippen MR) is 107 cm³/mol. The summed E-state index contributed by atoms with van der Waals surface area (Å²) in [5, 5.41) is 10.1. The Morgan fingerprint density at radius 1 is 0.964 bits per heavy atom. The number of amides is 2. The van der Waals surface area contributed by atoms with Crippen LogP contribution in [-0.4, -0.2) is 46.0 Å². The van der Waals surface area contributed by atoms with Crippen LogP contribution in [0.5, 0.6) is 0 Å². The maximum atomic E-state index is 12.5. The van der Waals surface area contributed by atoms with E-state index in [9.17, 15) is 9.59 Å². The smallest absolute Gasteiger partial charge is 0.269 e. The molecule has 6 nitrogen and oxygen atoms in total. The molecule has 1 fully saturated rings. The van der Waals surface area contributed by atoms with Crippen LogP contribution < -0.4 is 5.32 Å². The van der Waals surface area contributed by atoms with Crippen molar-refractivity contribution in [1.82, 2.24) is 20.4 Å². The fourth-order valence-electron chi connectivity index (χ4n) is 3.45. The lowest BCUT2D eigenvalue weighted by Crippen LogP contribution is -2.46. The molecule has 2 N–H and O–H groups in total. The van der Waals surface area contributed by atoms with Crippen LogP contribution in [0, 0.1) is 0 Å². The van der Waals surface area contributed by atoms with E-state index in [-0.39, 0.29) is 17.9 Å². The van der Waals surface area contributed by atoms with Crippen molar-refractivity contribution in [2.45, 2.75) is 18.9 Å². The monoisotopic (exact) mass is 374 g/mol. The standard InChI is InChI=1S/C22H22N4O2/c27-21(20-15-19(24-25-20)16-7-3-1-4-8-16)23-18-11-13-26(14-12-18)22(28)17-9-5-2-6-10-17/h1-10,15,18H,11-14H2,(H,23,27)(H,24,25). The summed E-state index contributed by atoms with van der Waals surface area (Å²) in [5.74, 6) is -0.117. The van der Waals surface area contributed by atoms with Crippen LogP contribution >= 0.6 is 0 Å². The van der Waals surface area contributed by atoms with Crippen LogP contribution in [0.15, 0.2) is 66.7 Å².